The van der Waals surface area contributed by atoms with E-state index in [2.05, 4.69) is 10.3 Å². The summed E-state index contributed by atoms with van der Waals surface area (Å²) in [5.74, 6) is -1.88. The minimum Gasteiger partial charge on any atom is -0.324 e. The number of carbonyl (C=O) groups is 2. The average Bonchev–Trinajstić information content (AvgIpc) is 2.61. The molecule has 132 valence electrons. The highest BCUT2D eigenvalue weighted by Crippen LogP contribution is 2.33. The molecule has 5 nitrogen and oxygen atoms in total. The number of rotatable bonds is 3. The van der Waals surface area contributed by atoms with Crippen LogP contribution < -0.4 is 5.32 Å². The number of fused-ring (bicyclic) bond motifs is 1. The first-order valence-electron chi connectivity index (χ1n) is 7.33. The molecule has 2 heterocycles. The number of amides is 1. The van der Waals surface area contributed by atoms with Crippen molar-refractivity contribution in [1.82, 2.24) is 4.98 Å². The van der Waals surface area contributed by atoms with Gasteiger partial charge in [0.05, 0.1) is 28.8 Å². The number of hydrogen-bond donors (Lipinski definition) is 1. The summed E-state index contributed by atoms with van der Waals surface area (Å²) in [6.07, 6.45) is -3.96. The molecule has 1 aromatic heterocycles. The van der Waals surface area contributed by atoms with Gasteiger partial charge in [-0.1, -0.05) is 6.07 Å². The number of halogens is 3. The van der Waals surface area contributed by atoms with Crippen molar-refractivity contribution in [2.24, 2.45) is 0 Å². The Hall–Kier alpha value is -2.86. The van der Waals surface area contributed by atoms with Crippen molar-refractivity contribution in [1.29, 1.82) is 5.26 Å². The van der Waals surface area contributed by atoms with Crippen LogP contribution in [0.3, 0.4) is 0 Å². The lowest BCUT2D eigenvalue weighted by molar-refractivity contribution is -0.137. The summed E-state index contributed by atoms with van der Waals surface area (Å²) in [4.78, 5) is 28.5. The van der Waals surface area contributed by atoms with E-state index in [9.17, 15) is 28.0 Å². The molecule has 0 radical (unpaired) electrons. The molecule has 1 aliphatic heterocycles. The Morgan fingerprint density at radius 3 is 2.69 bits per heavy atom. The van der Waals surface area contributed by atoms with Crippen molar-refractivity contribution in [3.05, 3.63) is 53.3 Å². The van der Waals surface area contributed by atoms with E-state index in [1.54, 1.807) is 12.1 Å². The fourth-order valence-electron chi connectivity index (χ4n) is 2.41. The molecule has 3 rings (SSSR count). The first-order chi connectivity index (χ1) is 12.3. The molecule has 2 aromatic rings. The molecule has 0 spiro atoms. The van der Waals surface area contributed by atoms with E-state index in [1.807, 2.05) is 0 Å². The number of anilines is 1. The highest BCUT2D eigenvalue weighted by molar-refractivity contribution is 8.00. The number of pyridine rings is 1. The fraction of sp³-hybridized carbons (Fsp3) is 0.176. The molecule has 1 aliphatic rings. The number of ketones is 1. The molecule has 0 fully saturated rings. The smallest absolute Gasteiger partial charge is 0.324 e. The SMILES string of the molecule is N#C[C@@H](C(=O)c1ccc2c(c1)NC(=O)CS2)c1ccc(C(F)(F)F)cn1. The number of nitrogens with one attached hydrogen (secondary N) is 1. The van der Waals surface area contributed by atoms with Gasteiger partial charge < -0.3 is 5.32 Å². The number of carbonyl (C=O) groups excluding carboxylic acids is 2. The molecule has 1 aromatic carbocycles. The van der Waals surface area contributed by atoms with Crippen molar-refractivity contribution in [3.63, 3.8) is 0 Å². The molecule has 26 heavy (non-hydrogen) atoms. The van der Waals surface area contributed by atoms with E-state index < -0.39 is 23.4 Å². The quantitative estimate of drug-likeness (QED) is 0.826. The fourth-order valence-corrected chi connectivity index (χ4v) is 3.19. The summed E-state index contributed by atoms with van der Waals surface area (Å²) in [6.45, 7) is 0. The van der Waals surface area contributed by atoms with Crippen LogP contribution in [-0.2, 0) is 11.0 Å². The largest absolute Gasteiger partial charge is 0.417 e. The van der Waals surface area contributed by atoms with Crippen LogP contribution in [0.2, 0.25) is 0 Å². The Morgan fingerprint density at radius 1 is 1.31 bits per heavy atom. The van der Waals surface area contributed by atoms with E-state index in [0.29, 0.717) is 11.9 Å². The Bertz CT molecular complexity index is 920. The summed E-state index contributed by atoms with van der Waals surface area (Å²) >= 11 is 1.32. The minimum absolute atomic E-state index is 0.0679. The third kappa shape index (κ3) is 3.55. The number of nitrogens with zero attached hydrogens (tertiary/aromatic N) is 2. The molecule has 9 heteroatoms. The number of alkyl halides is 3. The molecular weight excluding hydrogens is 367 g/mol. The minimum atomic E-state index is -4.55. The molecular formula is C17H10F3N3O2S. The van der Waals surface area contributed by atoms with E-state index in [1.165, 1.54) is 23.9 Å². The van der Waals surface area contributed by atoms with Crippen LogP contribution in [0.5, 0.6) is 0 Å². The van der Waals surface area contributed by atoms with Crippen LogP contribution >= 0.6 is 11.8 Å². The highest BCUT2D eigenvalue weighted by Gasteiger charge is 2.32. The van der Waals surface area contributed by atoms with Crippen LogP contribution in [0.4, 0.5) is 18.9 Å². The number of nitriles is 1. The van der Waals surface area contributed by atoms with E-state index in [0.717, 1.165) is 17.0 Å². The third-order valence-electron chi connectivity index (χ3n) is 3.70. The molecule has 0 aliphatic carbocycles. The first-order valence-corrected chi connectivity index (χ1v) is 8.32. The highest BCUT2D eigenvalue weighted by atomic mass is 32.2. The Balaban J connectivity index is 1.89. The Morgan fingerprint density at radius 2 is 2.08 bits per heavy atom. The lowest BCUT2D eigenvalue weighted by atomic mass is 9.94. The summed E-state index contributed by atoms with van der Waals surface area (Å²) in [5, 5.41) is 12.0. The second-order valence-electron chi connectivity index (χ2n) is 5.44. The van der Waals surface area contributed by atoms with Gasteiger partial charge in [-0.3, -0.25) is 14.6 Å². The van der Waals surface area contributed by atoms with Crippen LogP contribution in [0.15, 0.2) is 41.4 Å². The lowest BCUT2D eigenvalue weighted by Gasteiger charge is -2.17. The number of thioether (sulfide) groups is 1. The van der Waals surface area contributed by atoms with Gasteiger partial charge in [0.1, 0.15) is 0 Å². The summed E-state index contributed by atoms with van der Waals surface area (Å²) < 4.78 is 37.8. The van der Waals surface area contributed by atoms with Gasteiger partial charge in [0, 0.05) is 16.7 Å². The van der Waals surface area contributed by atoms with Gasteiger partial charge in [-0.2, -0.15) is 18.4 Å². The van der Waals surface area contributed by atoms with Crippen LogP contribution in [0.1, 0.15) is 27.5 Å². The Kier molecular flexibility index (Phi) is 4.70. The number of aromatic nitrogens is 1. The average molecular weight is 377 g/mol. The maximum absolute atomic E-state index is 12.6. The lowest BCUT2D eigenvalue weighted by Crippen LogP contribution is -2.20. The monoisotopic (exact) mass is 377 g/mol. The molecule has 0 unspecified atom stereocenters. The zero-order valence-electron chi connectivity index (χ0n) is 13.0. The van der Waals surface area contributed by atoms with Crippen LogP contribution in [0.25, 0.3) is 0 Å². The van der Waals surface area contributed by atoms with Crippen molar-refractivity contribution < 1.29 is 22.8 Å². The summed E-state index contributed by atoms with van der Waals surface area (Å²) in [6, 6.07) is 8.20. The topological polar surface area (TPSA) is 82.9 Å². The predicted molar refractivity (Wildman–Crippen MR) is 87.7 cm³/mol. The van der Waals surface area contributed by atoms with Gasteiger partial charge >= 0.3 is 6.18 Å². The van der Waals surface area contributed by atoms with E-state index >= 15 is 0 Å². The van der Waals surface area contributed by atoms with Gasteiger partial charge in [0.15, 0.2) is 11.7 Å². The second-order valence-corrected chi connectivity index (χ2v) is 6.46. The van der Waals surface area contributed by atoms with Gasteiger partial charge in [-0.25, -0.2) is 0 Å². The van der Waals surface area contributed by atoms with E-state index in [-0.39, 0.29) is 22.9 Å². The molecule has 0 saturated heterocycles. The zero-order chi connectivity index (χ0) is 18.9. The number of benzene rings is 1. The van der Waals surface area contributed by atoms with Gasteiger partial charge in [0.2, 0.25) is 5.91 Å². The zero-order valence-corrected chi connectivity index (χ0v) is 13.8. The maximum atomic E-state index is 12.6. The van der Waals surface area contributed by atoms with Gasteiger partial charge in [0.25, 0.3) is 0 Å². The first kappa shape index (κ1) is 17.9. The molecule has 1 amide bonds. The van der Waals surface area contributed by atoms with Crippen molar-refractivity contribution in [2.75, 3.05) is 11.1 Å². The normalized spacial score (nSPS) is 14.8. The maximum Gasteiger partial charge on any atom is 0.417 e. The number of hydrogen-bond acceptors (Lipinski definition) is 5. The number of Topliss-reactive ketones (excluding diaryl/α,β-unsaturated/α-hetero) is 1. The standard InChI is InChI=1S/C17H10F3N3O2S/c18-17(19,20)10-2-3-12(22-7-10)11(6-21)16(25)9-1-4-14-13(5-9)23-15(24)8-26-14/h1-5,7,11H,8H2,(H,23,24)/t11-/m1/s1. The van der Waals surface area contributed by atoms with Gasteiger partial charge in [-0.05, 0) is 24.3 Å². The predicted octanol–water partition coefficient (Wildman–Crippen LogP) is 3.63. The van der Waals surface area contributed by atoms with Crippen LogP contribution in [0, 0.1) is 11.3 Å². The van der Waals surface area contributed by atoms with E-state index in [4.69, 9.17) is 0 Å². The molecule has 1 N–H and O–H groups in total. The molecule has 1 atom stereocenters. The van der Waals surface area contributed by atoms with Gasteiger partial charge in [-0.15, -0.1) is 11.8 Å². The third-order valence-corrected chi connectivity index (χ3v) is 4.77. The molecule has 0 bridgehead atoms. The van der Waals surface area contributed by atoms with Crippen LogP contribution in [-0.4, -0.2) is 22.4 Å². The van der Waals surface area contributed by atoms with Crippen molar-refractivity contribution in [2.45, 2.75) is 17.0 Å². The second kappa shape index (κ2) is 6.80. The summed E-state index contributed by atoms with van der Waals surface area (Å²) in [5.41, 5.74) is -0.394. The van der Waals surface area contributed by atoms with Crippen molar-refractivity contribution >= 4 is 29.1 Å². The van der Waals surface area contributed by atoms with Crippen molar-refractivity contribution in [3.8, 4) is 6.07 Å². The molecule has 0 saturated carbocycles. The Labute approximate surface area is 150 Å². The summed E-state index contributed by atoms with van der Waals surface area (Å²) in [7, 11) is 0.